The predicted molar refractivity (Wildman–Crippen MR) is 93.0 cm³/mol. The molecule has 0 saturated heterocycles. The minimum atomic E-state index is -0.426. The minimum Gasteiger partial charge on any atom is -0.479 e. The average molecular weight is 349 g/mol. The van der Waals surface area contributed by atoms with E-state index in [1.54, 1.807) is 49.4 Å². The van der Waals surface area contributed by atoms with Crippen molar-refractivity contribution in [2.24, 2.45) is 0 Å². The van der Waals surface area contributed by atoms with Gasteiger partial charge in [-0.1, -0.05) is 12.1 Å². The molecular weight excluding hydrogens is 334 g/mol. The minimum absolute atomic E-state index is 0.0819. The van der Waals surface area contributed by atoms with E-state index < -0.39 is 5.97 Å². The number of ether oxygens (including phenoxy) is 3. The van der Waals surface area contributed by atoms with Gasteiger partial charge >= 0.3 is 5.97 Å². The predicted octanol–water partition coefficient (Wildman–Crippen LogP) is 3.30. The molecular formula is C20H15NO5. The van der Waals surface area contributed by atoms with Crippen molar-refractivity contribution >= 4 is 17.8 Å². The lowest BCUT2D eigenvalue weighted by Crippen LogP contribution is -2.01. The maximum absolute atomic E-state index is 12.6. The number of carbonyl (C=O) groups is 2. The topological polar surface area (TPSA) is 85.6 Å². The van der Waals surface area contributed by atoms with E-state index in [-0.39, 0.29) is 18.1 Å². The molecule has 6 nitrogen and oxygen atoms in total. The molecule has 0 unspecified atom stereocenters. The second-order valence-corrected chi connectivity index (χ2v) is 5.61. The van der Waals surface area contributed by atoms with Crippen molar-refractivity contribution in [2.45, 2.75) is 6.92 Å². The van der Waals surface area contributed by atoms with Crippen LogP contribution in [0.1, 0.15) is 31.8 Å². The second kappa shape index (κ2) is 7.11. The molecule has 1 aliphatic rings. The normalized spacial score (nSPS) is 13.7. The Morgan fingerprint density at radius 1 is 1.27 bits per heavy atom. The lowest BCUT2D eigenvalue weighted by Gasteiger charge is -2.06. The first kappa shape index (κ1) is 17.2. The summed E-state index contributed by atoms with van der Waals surface area (Å²) in [5.41, 5.74) is 2.33. The molecule has 1 aliphatic heterocycles. The number of ketones is 1. The fourth-order valence-corrected chi connectivity index (χ4v) is 2.66. The quantitative estimate of drug-likeness (QED) is 0.622. The van der Waals surface area contributed by atoms with E-state index >= 15 is 0 Å². The standard InChI is InChI=1S/C20H15NO5/c1-12-9-15(25-8-7-21)11-16-18(12)19(22)17(26-16)10-13-3-5-14(6-4-13)20(23)24-2/h3-6,9-11H,8H2,1-2H3/b17-10-. The molecule has 0 aliphatic carbocycles. The van der Waals surface area contributed by atoms with Crippen LogP contribution >= 0.6 is 0 Å². The van der Waals surface area contributed by atoms with Gasteiger partial charge in [0.15, 0.2) is 12.4 Å². The molecule has 26 heavy (non-hydrogen) atoms. The van der Waals surface area contributed by atoms with Gasteiger partial charge in [-0.2, -0.15) is 5.26 Å². The summed E-state index contributed by atoms with van der Waals surface area (Å²) in [6, 6.07) is 11.8. The van der Waals surface area contributed by atoms with E-state index in [1.807, 2.05) is 6.07 Å². The number of allylic oxidation sites excluding steroid dienone is 1. The van der Waals surface area contributed by atoms with Crippen molar-refractivity contribution in [3.05, 3.63) is 64.4 Å². The first-order valence-corrected chi connectivity index (χ1v) is 7.80. The molecule has 2 aromatic carbocycles. The third-order valence-electron chi connectivity index (χ3n) is 3.88. The largest absolute Gasteiger partial charge is 0.479 e. The van der Waals surface area contributed by atoms with Crippen LogP contribution in [-0.4, -0.2) is 25.5 Å². The highest BCUT2D eigenvalue weighted by Gasteiger charge is 2.30. The number of nitriles is 1. The summed E-state index contributed by atoms with van der Waals surface area (Å²) in [6.45, 7) is 1.70. The third-order valence-corrected chi connectivity index (χ3v) is 3.88. The van der Waals surface area contributed by atoms with Gasteiger partial charge in [-0.3, -0.25) is 4.79 Å². The number of carbonyl (C=O) groups excluding carboxylic acids is 2. The van der Waals surface area contributed by atoms with E-state index in [2.05, 4.69) is 4.74 Å². The number of nitrogens with zero attached hydrogens (tertiary/aromatic N) is 1. The SMILES string of the molecule is COC(=O)c1ccc(/C=C2\Oc3cc(OCC#N)cc(C)c3C2=O)cc1. The van der Waals surface area contributed by atoms with E-state index in [9.17, 15) is 9.59 Å². The Labute approximate surface area is 150 Å². The number of benzene rings is 2. The molecule has 2 aromatic rings. The van der Waals surface area contributed by atoms with Crippen LogP contribution < -0.4 is 9.47 Å². The summed E-state index contributed by atoms with van der Waals surface area (Å²) in [4.78, 5) is 24.1. The lowest BCUT2D eigenvalue weighted by atomic mass is 10.0. The van der Waals surface area contributed by atoms with Gasteiger partial charge in [0.05, 0.1) is 18.2 Å². The highest BCUT2D eigenvalue weighted by Crippen LogP contribution is 2.37. The molecule has 0 N–H and O–H groups in total. The van der Waals surface area contributed by atoms with Crippen LogP contribution in [0, 0.1) is 18.3 Å². The Morgan fingerprint density at radius 3 is 2.65 bits per heavy atom. The Bertz CT molecular complexity index is 951. The molecule has 130 valence electrons. The average Bonchev–Trinajstić information content (AvgIpc) is 2.96. The number of methoxy groups -OCH3 is 1. The molecule has 0 amide bonds. The summed E-state index contributed by atoms with van der Waals surface area (Å²) in [7, 11) is 1.32. The lowest BCUT2D eigenvalue weighted by molar-refractivity contribution is 0.0600. The van der Waals surface area contributed by atoms with Crippen molar-refractivity contribution in [1.82, 2.24) is 0 Å². The Kier molecular flexibility index (Phi) is 4.72. The zero-order valence-corrected chi connectivity index (χ0v) is 14.2. The van der Waals surface area contributed by atoms with Crippen molar-refractivity contribution in [2.75, 3.05) is 13.7 Å². The third kappa shape index (κ3) is 3.28. The number of hydrogen-bond acceptors (Lipinski definition) is 6. The van der Waals surface area contributed by atoms with Gasteiger partial charge < -0.3 is 14.2 Å². The Balaban J connectivity index is 1.87. The first-order chi connectivity index (χ1) is 12.5. The molecule has 1 heterocycles. The smallest absolute Gasteiger partial charge is 0.337 e. The van der Waals surface area contributed by atoms with Gasteiger partial charge in [0, 0.05) is 6.07 Å². The van der Waals surface area contributed by atoms with Crippen molar-refractivity contribution in [3.8, 4) is 17.6 Å². The van der Waals surface area contributed by atoms with E-state index in [0.29, 0.717) is 33.8 Å². The summed E-state index contributed by atoms with van der Waals surface area (Å²) in [6.07, 6.45) is 1.61. The number of esters is 1. The molecule has 3 rings (SSSR count). The molecule has 0 fully saturated rings. The van der Waals surface area contributed by atoms with Crippen molar-refractivity contribution in [1.29, 1.82) is 5.26 Å². The van der Waals surface area contributed by atoms with Crippen LogP contribution in [0.3, 0.4) is 0 Å². The van der Waals surface area contributed by atoms with Crippen LogP contribution in [-0.2, 0) is 4.74 Å². The fraction of sp³-hybridized carbons (Fsp3) is 0.150. The van der Waals surface area contributed by atoms with Crippen LogP contribution in [0.2, 0.25) is 0 Å². The summed E-state index contributed by atoms with van der Waals surface area (Å²) in [5.74, 6) is 0.415. The van der Waals surface area contributed by atoms with Crippen LogP contribution in [0.5, 0.6) is 11.5 Å². The zero-order chi connectivity index (χ0) is 18.7. The van der Waals surface area contributed by atoms with Crippen molar-refractivity contribution < 1.29 is 23.8 Å². The van der Waals surface area contributed by atoms with Gasteiger partial charge in [0.2, 0.25) is 5.78 Å². The Hall–Kier alpha value is -3.59. The summed E-state index contributed by atoms with van der Waals surface area (Å²) in [5, 5.41) is 8.61. The van der Waals surface area contributed by atoms with Crippen molar-refractivity contribution in [3.63, 3.8) is 0 Å². The number of hydrogen-bond donors (Lipinski definition) is 0. The van der Waals surface area contributed by atoms with Gasteiger partial charge in [-0.05, 0) is 42.3 Å². The molecule has 0 bridgehead atoms. The van der Waals surface area contributed by atoms with Gasteiger partial charge in [0.1, 0.15) is 17.6 Å². The van der Waals surface area contributed by atoms with Gasteiger partial charge in [0.25, 0.3) is 0 Å². The maximum Gasteiger partial charge on any atom is 0.337 e. The monoisotopic (exact) mass is 349 g/mol. The van der Waals surface area contributed by atoms with Crippen LogP contribution in [0.15, 0.2) is 42.2 Å². The van der Waals surface area contributed by atoms with Crippen LogP contribution in [0.4, 0.5) is 0 Å². The molecule has 0 aromatic heterocycles. The summed E-state index contributed by atoms with van der Waals surface area (Å²) >= 11 is 0. The van der Waals surface area contributed by atoms with E-state index in [1.165, 1.54) is 7.11 Å². The number of Topliss-reactive ketones (excluding diaryl/α,β-unsaturated/α-hetero) is 1. The van der Waals surface area contributed by atoms with Gasteiger partial charge in [-0.25, -0.2) is 4.79 Å². The molecule has 6 heteroatoms. The zero-order valence-electron chi connectivity index (χ0n) is 14.2. The highest BCUT2D eigenvalue weighted by atomic mass is 16.5. The maximum atomic E-state index is 12.6. The van der Waals surface area contributed by atoms with E-state index in [0.717, 1.165) is 0 Å². The van der Waals surface area contributed by atoms with E-state index in [4.69, 9.17) is 14.7 Å². The summed E-state index contributed by atoms with van der Waals surface area (Å²) < 4.78 is 15.6. The Morgan fingerprint density at radius 2 is 2.00 bits per heavy atom. The number of rotatable bonds is 4. The molecule has 0 atom stereocenters. The molecule has 0 spiro atoms. The number of aryl methyl sites for hydroxylation is 1. The van der Waals surface area contributed by atoms with Crippen LogP contribution in [0.25, 0.3) is 6.08 Å². The fourth-order valence-electron chi connectivity index (χ4n) is 2.66. The molecule has 0 saturated carbocycles. The number of fused-ring (bicyclic) bond motifs is 1. The molecule has 0 radical (unpaired) electrons. The highest BCUT2D eigenvalue weighted by molar-refractivity contribution is 6.15. The first-order valence-electron chi connectivity index (χ1n) is 7.80. The second-order valence-electron chi connectivity index (χ2n) is 5.61. The van der Waals surface area contributed by atoms with Gasteiger partial charge in [-0.15, -0.1) is 0 Å².